The minimum absolute atomic E-state index is 0.0387. The maximum Gasteiger partial charge on any atom is 0.251 e. The summed E-state index contributed by atoms with van der Waals surface area (Å²) in [6, 6.07) is 0.604. The maximum absolute atomic E-state index is 13.7. The molecule has 3 rings (SSSR count). The molecule has 4 nitrogen and oxygen atoms in total. The van der Waals surface area contributed by atoms with Gasteiger partial charge in [-0.3, -0.25) is 4.79 Å². The highest BCUT2D eigenvalue weighted by Crippen LogP contribution is 2.29. The average Bonchev–Trinajstić information content (AvgIpc) is 2.42. The Labute approximate surface area is 114 Å². The quantitative estimate of drug-likeness (QED) is 0.797. The normalized spacial score (nSPS) is 26.1. The van der Waals surface area contributed by atoms with Gasteiger partial charge in [0.15, 0.2) is 17.5 Å². The summed E-state index contributed by atoms with van der Waals surface area (Å²) in [5.41, 5.74) is 0. The summed E-state index contributed by atoms with van der Waals surface area (Å²) in [6.45, 7) is 0.941. The molecule has 0 aromatic carbocycles. The lowest BCUT2D eigenvalue weighted by Gasteiger charge is -2.41. The van der Waals surface area contributed by atoms with E-state index in [1.807, 2.05) is 0 Å². The Morgan fingerprint density at radius 1 is 1.25 bits per heavy atom. The van der Waals surface area contributed by atoms with Crippen LogP contribution in [0.25, 0.3) is 0 Å². The third-order valence-electron chi connectivity index (χ3n) is 3.99. The summed E-state index contributed by atoms with van der Waals surface area (Å²) in [5, 5.41) is 2.91. The molecule has 0 bridgehead atoms. The number of nitrogens with one attached hydrogen (secondary N) is 1. The molecule has 7 heteroatoms. The van der Waals surface area contributed by atoms with Gasteiger partial charge in [0.1, 0.15) is 0 Å². The first kappa shape index (κ1) is 13.2. The molecular weight excluding hydrogens is 271 g/mol. The zero-order valence-corrected chi connectivity index (χ0v) is 10.7. The van der Waals surface area contributed by atoms with E-state index in [2.05, 4.69) is 10.3 Å². The third kappa shape index (κ3) is 2.32. The number of halogens is 3. The van der Waals surface area contributed by atoms with Crippen LogP contribution in [0.3, 0.4) is 0 Å². The largest absolute Gasteiger partial charge is 0.354 e. The number of hydrogen-bond donors (Lipinski definition) is 1. The Hall–Kier alpha value is -1.79. The van der Waals surface area contributed by atoms with Gasteiger partial charge < -0.3 is 10.2 Å². The van der Waals surface area contributed by atoms with E-state index in [9.17, 15) is 18.0 Å². The first-order valence-corrected chi connectivity index (χ1v) is 6.60. The summed E-state index contributed by atoms with van der Waals surface area (Å²) in [5.74, 6) is -3.36. The van der Waals surface area contributed by atoms with Crippen molar-refractivity contribution in [2.45, 2.75) is 25.3 Å². The summed E-state index contributed by atoms with van der Waals surface area (Å²) in [6.07, 6.45) is 1.82. The Bertz CT molecular complexity index is 552. The number of carbonyl (C=O) groups excluding carboxylic acids is 1. The predicted octanol–water partition coefficient (Wildman–Crippen LogP) is 1.60. The molecule has 0 radical (unpaired) electrons. The topological polar surface area (TPSA) is 45.2 Å². The molecule has 0 aliphatic carbocycles. The van der Waals surface area contributed by atoms with E-state index in [0.29, 0.717) is 32.0 Å². The number of pyridine rings is 1. The van der Waals surface area contributed by atoms with Crippen molar-refractivity contribution in [1.82, 2.24) is 10.3 Å². The highest BCUT2D eigenvalue weighted by Gasteiger charge is 2.35. The lowest BCUT2D eigenvalue weighted by Crippen LogP contribution is -2.54. The number of piperidine rings is 2. The molecule has 2 fully saturated rings. The molecule has 1 aromatic rings. The molecule has 0 spiro atoms. The molecule has 2 saturated heterocycles. The molecule has 2 unspecified atom stereocenters. The van der Waals surface area contributed by atoms with Crippen molar-refractivity contribution < 1.29 is 18.0 Å². The van der Waals surface area contributed by atoms with Crippen LogP contribution in [0.4, 0.5) is 19.0 Å². The molecule has 2 atom stereocenters. The maximum atomic E-state index is 13.7. The van der Waals surface area contributed by atoms with Crippen LogP contribution in [0.1, 0.15) is 19.3 Å². The molecular formula is C13H14F3N3O. The van der Waals surface area contributed by atoms with Crippen LogP contribution >= 0.6 is 0 Å². The molecule has 0 saturated carbocycles. The van der Waals surface area contributed by atoms with Crippen molar-refractivity contribution in [2.24, 2.45) is 5.92 Å². The number of hydrogen-bond acceptors (Lipinski definition) is 3. The predicted molar refractivity (Wildman–Crippen MR) is 65.6 cm³/mol. The summed E-state index contributed by atoms with van der Waals surface area (Å²) in [7, 11) is 0. The molecule has 108 valence electrons. The number of carbonyl (C=O) groups is 1. The van der Waals surface area contributed by atoms with Crippen LogP contribution in [-0.2, 0) is 4.79 Å². The SMILES string of the molecule is O=C1CCC2CN(c3nc(F)c(F)cc3F)CCC2N1. The van der Waals surface area contributed by atoms with Crippen molar-refractivity contribution in [3.63, 3.8) is 0 Å². The lowest BCUT2D eigenvalue weighted by molar-refractivity contribution is -0.124. The standard InChI is InChI=1S/C13H14F3N3O/c14-8-5-9(15)13(18-12(8)16)19-4-3-10-7(6-19)1-2-11(20)17-10/h5,7,10H,1-4,6H2,(H,17,20). The molecule has 2 aliphatic rings. The number of rotatable bonds is 1. The van der Waals surface area contributed by atoms with Gasteiger partial charge in [0.25, 0.3) is 5.95 Å². The molecule has 20 heavy (non-hydrogen) atoms. The van der Waals surface area contributed by atoms with Crippen LogP contribution in [-0.4, -0.2) is 30.0 Å². The minimum atomic E-state index is -1.29. The number of aromatic nitrogens is 1. The van der Waals surface area contributed by atoms with E-state index in [1.165, 1.54) is 0 Å². The first-order valence-electron chi connectivity index (χ1n) is 6.60. The first-order chi connectivity index (χ1) is 9.54. The number of amides is 1. The molecule has 1 aromatic heterocycles. The van der Waals surface area contributed by atoms with Gasteiger partial charge in [-0.1, -0.05) is 0 Å². The van der Waals surface area contributed by atoms with Crippen molar-refractivity contribution in [3.8, 4) is 0 Å². The molecule has 1 amide bonds. The average molecular weight is 285 g/mol. The number of fused-ring (bicyclic) bond motifs is 1. The van der Waals surface area contributed by atoms with Crippen molar-refractivity contribution >= 4 is 11.7 Å². The second-order valence-corrected chi connectivity index (χ2v) is 5.27. The molecule has 3 heterocycles. The van der Waals surface area contributed by atoms with Gasteiger partial charge in [0.2, 0.25) is 5.91 Å². The van der Waals surface area contributed by atoms with E-state index >= 15 is 0 Å². The molecule has 2 aliphatic heterocycles. The van der Waals surface area contributed by atoms with Gasteiger partial charge in [-0.05, 0) is 18.8 Å². The van der Waals surface area contributed by atoms with Gasteiger partial charge in [-0.15, -0.1) is 0 Å². The Morgan fingerprint density at radius 2 is 2.05 bits per heavy atom. The number of nitrogens with zero attached hydrogens (tertiary/aromatic N) is 2. The van der Waals surface area contributed by atoms with Crippen molar-refractivity contribution in [1.29, 1.82) is 0 Å². The van der Waals surface area contributed by atoms with Gasteiger partial charge in [-0.2, -0.15) is 9.37 Å². The highest BCUT2D eigenvalue weighted by molar-refractivity contribution is 5.77. The minimum Gasteiger partial charge on any atom is -0.354 e. The second-order valence-electron chi connectivity index (χ2n) is 5.27. The van der Waals surface area contributed by atoms with Crippen LogP contribution < -0.4 is 10.2 Å². The highest BCUT2D eigenvalue weighted by atomic mass is 19.2. The van der Waals surface area contributed by atoms with Gasteiger partial charge in [0.05, 0.1) is 0 Å². The van der Waals surface area contributed by atoms with Crippen LogP contribution in [0.5, 0.6) is 0 Å². The van der Waals surface area contributed by atoms with E-state index in [-0.39, 0.29) is 23.7 Å². The Kier molecular flexibility index (Phi) is 3.27. The van der Waals surface area contributed by atoms with Crippen LogP contribution in [0, 0.1) is 23.5 Å². The van der Waals surface area contributed by atoms with E-state index in [0.717, 1.165) is 6.42 Å². The second kappa shape index (κ2) is 4.96. The third-order valence-corrected chi connectivity index (χ3v) is 3.99. The summed E-state index contributed by atoms with van der Waals surface area (Å²) >= 11 is 0. The fourth-order valence-corrected chi connectivity index (χ4v) is 2.96. The fourth-order valence-electron chi connectivity index (χ4n) is 2.96. The van der Waals surface area contributed by atoms with E-state index in [1.54, 1.807) is 4.90 Å². The monoisotopic (exact) mass is 285 g/mol. The van der Waals surface area contributed by atoms with Crippen LogP contribution in [0.2, 0.25) is 0 Å². The van der Waals surface area contributed by atoms with Gasteiger partial charge >= 0.3 is 0 Å². The number of anilines is 1. The van der Waals surface area contributed by atoms with Crippen molar-refractivity contribution in [2.75, 3.05) is 18.0 Å². The van der Waals surface area contributed by atoms with Crippen molar-refractivity contribution in [3.05, 3.63) is 23.6 Å². The van der Waals surface area contributed by atoms with E-state index < -0.39 is 17.6 Å². The Balaban J connectivity index is 1.80. The molecule has 1 N–H and O–H groups in total. The zero-order valence-electron chi connectivity index (χ0n) is 10.7. The van der Waals surface area contributed by atoms with Gasteiger partial charge in [-0.25, -0.2) is 8.78 Å². The summed E-state index contributed by atoms with van der Waals surface area (Å²) in [4.78, 5) is 16.3. The lowest BCUT2D eigenvalue weighted by atomic mass is 9.85. The van der Waals surface area contributed by atoms with E-state index in [4.69, 9.17) is 0 Å². The zero-order chi connectivity index (χ0) is 14.3. The summed E-state index contributed by atoms with van der Waals surface area (Å²) < 4.78 is 39.8. The fraction of sp³-hybridized carbons (Fsp3) is 0.538. The smallest absolute Gasteiger partial charge is 0.251 e. The van der Waals surface area contributed by atoms with Crippen LogP contribution in [0.15, 0.2) is 6.07 Å². The Morgan fingerprint density at radius 3 is 2.85 bits per heavy atom. The van der Waals surface area contributed by atoms with Gasteiger partial charge in [0, 0.05) is 31.6 Å².